The fourth-order valence-electron chi connectivity index (χ4n) is 18.2. The van der Waals surface area contributed by atoms with Gasteiger partial charge < -0.3 is 41.3 Å². The van der Waals surface area contributed by atoms with E-state index in [1.54, 1.807) is 13.1 Å². The molecule has 0 saturated heterocycles. The first-order valence-electron chi connectivity index (χ1n) is 50.2. The highest BCUT2D eigenvalue weighted by Gasteiger charge is 2.44. The monoisotopic (exact) mass is 1880 g/mol. The second-order valence-electron chi connectivity index (χ2n) is 38.1. The van der Waals surface area contributed by atoms with E-state index in [4.69, 9.17) is 25.9 Å². The van der Waals surface area contributed by atoms with Crippen LogP contribution in [0.5, 0.6) is 5.75 Å². The number of benzene rings is 3. The lowest BCUT2D eigenvalue weighted by molar-refractivity contribution is -0.929. The van der Waals surface area contributed by atoms with Gasteiger partial charge >= 0.3 is 5.82 Å². The van der Waals surface area contributed by atoms with Crippen LogP contribution in [0.25, 0.3) is 16.3 Å². The molecule has 1 unspecified atom stereocenters. The number of anilines is 1. The zero-order chi connectivity index (χ0) is 95.6. The van der Waals surface area contributed by atoms with Crippen LogP contribution in [-0.4, -0.2) is 191 Å². The average Bonchev–Trinajstić information content (AvgIpc) is 1.56. The molecule has 1 atom stereocenters. The van der Waals surface area contributed by atoms with E-state index in [-0.39, 0.29) is 29.8 Å². The van der Waals surface area contributed by atoms with Gasteiger partial charge in [-0.1, -0.05) is 216 Å². The van der Waals surface area contributed by atoms with E-state index in [0.717, 1.165) is 57.6 Å². The van der Waals surface area contributed by atoms with Crippen molar-refractivity contribution in [2.24, 2.45) is 4.99 Å². The molecule has 19 nitrogen and oxygen atoms in total. The van der Waals surface area contributed by atoms with Crippen molar-refractivity contribution in [3.05, 3.63) is 118 Å². The number of pyridine rings is 1. The molecule has 2 aliphatic rings. The summed E-state index contributed by atoms with van der Waals surface area (Å²) in [6.07, 6.45) is 46.5. The normalized spacial score (nSPS) is 14.7. The second kappa shape index (κ2) is 61.3. The molecule has 0 bridgehead atoms. The standard InChI is InChI=1S/C56H73ClN5O11PS3.3C16H36N/c1-39(2)62(40(3)4)74(31-17-26-58)73-30-13-12-29-72-45-19-16-18-43(35-45)42(20-24-51-55(6,7)49-36-44(57)38-60(54(49)59-51)27-10-14-32-75(63,64)65)21-25-52-56(8,9)53-48-37-46(77(69,70)71)34-41(5)47(48)22-23-50(53)61(52)28-11-15-33-76(66,67)68;3*1-5-9-13-17(14-10-6-2,15-11-7-3)16-12-8-4/h16,18-25,34-40H,10-15,17,27-33H2,1-9H3,(H2-,63,64,65,66,67,68,69,70,71);3*5-16H2,1-4H3/q;3*+1/p-2. The predicted molar refractivity (Wildman–Crippen MR) is 541 cm³/mol. The number of ether oxygens (including phenoxy) is 1. The van der Waals surface area contributed by atoms with Crippen molar-refractivity contribution in [2.75, 3.05) is 121 Å². The van der Waals surface area contributed by atoms with E-state index in [1.807, 2.05) is 99.0 Å². The van der Waals surface area contributed by atoms with Crippen LogP contribution in [0, 0.1) is 18.3 Å². The van der Waals surface area contributed by atoms with Crippen molar-refractivity contribution < 1.29 is 66.2 Å². The van der Waals surface area contributed by atoms with Crippen LogP contribution in [-0.2, 0) is 52.3 Å². The molecule has 6 rings (SSSR count). The zero-order valence-corrected chi connectivity index (χ0v) is 88.3. The first-order valence-corrected chi connectivity index (χ1v) is 56.6. The number of unbranched alkanes of at least 4 members (excludes halogenated alkanes) is 15. The topological polar surface area (TPSA) is 237 Å². The molecule has 2 aliphatic heterocycles. The van der Waals surface area contributed by atoms with Crippen LogP contribution in [0.4, 0.5) is 11.5 Å². The van der Waals surface area contributed by atoms with Gasteiger partial charge in [-0.15, -0.1) is 0 Å². The molecule has 0 saturated carbocycles. The number of nitriles is 1. The van der Waals surface area contributed by atoms with E-state index in [1.165, 1.54) is 258 Å². The number of aryl methyl sites for hydroxylation is 2. The van der Waals surface area contributed by atoms with Gasteiger partial charge in [0.25, 0.3) is 0 Å². The van der Waals surface area contributed by atoms with Gasteiger partial charge in [0.15, 0.2) is 5.71 Å². The fraction of sp³-hybridized carbons (Fsp3) is 0.721. The summed E-state index contributed by atoms with van der Waals surface area (Å²) in [6, 6.07) is 19.1. The summed E-state index contributed by atoms with van der Waals surface area (Å²) in [5.74, 6) is 0.303. The highest BCUT2D eigenvalue weighted by molar-refractivity contribution is 7.86. The van der Waals surface area contributed by atoms with Crippen LogP contribution < -0.4 is 14.2 Å². The van der Waals surface area contributed by atoms with Gasteiger partial charge in [-0.05, 0) is 251 Å². The summed E-state index contributed by atoms with van der Waals surface area (Å²) >= 11 is 6.67. The van der Waals surface area contributed by atoms with E-state index >= 15 is 0 Å². The molecule has 3 heterocycles. The fourth-order valence-corrected chi connectivity index (χ4v) is 22.3. The summed E-state index contributed by atoms with van der Waals surface area (Å²) in [7, 11) is -14.6. The Morgan fingerprint density at radius 2 is 1.00 bits per heavy atom. The number of allylic oxidation sites excluding steroid dienone is 6. The average molecular weight is 1880 g/mol. The summed E-state index contributed by atoms with van der Waals surface area (Å²) in [4.78, 5) is 6.83. The second-order valence-corrected chi connectivity index (χ2v) is 44.8. The Morgan fingerprint density at radius 3 is 1.41 bits per heavy atom. The van der Waals surface area contributed by atoms with Crippen molar-refractivity contribution in [3.63, 3.8) is 0 Å². The molecule has 3 aromatic carbocycles. The Labute approximate surface area is 789 Å². The third-order valence-corrected chi connectivity index (χ3v) is 30.9. The van der Waals surface area contributed by atoms with E-state index in [9.17, 15) is 44.2 Å². The highest BCUT2D eigenvalue weighted by Crippen LogP contribution is 2.52. The Bertz CT molecular complexity index is 4170. The van der Waals surface area contributed by atoms with Crippen LogP contribution >= 0.6 is 19.9 Å². The molecule has 24 heteroatoms. The number of quaternary nitrogens is 3. The molecule has 128 heavy (non-hydrogen) atoms. The lowest BCUT2D eigenvalue weighted by Crippen LogP contribution is -2.50. The summed E-state index contributed by atoms with van der Waals surface area (Å²) < 4.78 is 128. The minimum absolute atomic E-state index is 0.117. The van der Waals surface area contributed by atoms with E-state index in [0.29, 0.717) is 79.3 Å². The van der Waals surface area contributed by atoms with E-state index < -0.39 is 61.0 Å². The summed E-state index contributed by atoms with van der Waals surface area (Å²) in [6.45, 7) is 65.2. The van der Waals surface area contributed by atoms with Crippen molar-refractivity contribution >= 4 is 83.8 Å². The maximum atomic E-state index is 12.5. The SMILES string of the molecule is CCCC[N+](CCCC)(CCCC)CCCC.CCCC[N+](CCCC)(CCCC)CCCC.CCCC[N+](CCCC)(CCCC)CCCC.Cc1cc(S(=O)(=O)[O-])cc2c3c(ccc12)N(CCCCS(=O)(=O)[O-])C(=CC=C(C=CC1=Nc2c(cc(Cl)c[n+]2CCCCS(=O)(=O)[O-])C1(C)C)c1cccc(OCCCCOP(CCC#N)N(C(C)C)C(C)C)c1)C3(C)C. The molecule has 0 fully saturated rings. The van der Waals surface area contributed by atoms with Crippen molar-refractivity contribution in [1.29, 1.82) is 5.26 Å². The molecule has 1 aromatic heterocycles. The first kappa shape index (κ1) is 117. The smallest absolute Gasteiger partial charge is 0.327 e. The third kappa shape index (κ3) is 40.9. The Kier molecular flexibility index (Phi) is 56.3. The van der Waals surface area contributed by atoms with Gasteiger partial charge in [0.05, 0.1) is 145 Å². The van der Waals surface area contributed by atoms with Crippen molar-refractivity contribution in [3.8, 4) is 11.8 Å². The Balaban J connectivity index is 0.000000663. The maximum absolute atomic E-state index is 12.5. The van der Waals surface area contributed by atoms with Crippen molar-refractivity contribution in [1.82, 2.24) is 4.67 Å². The molecule has 0 spiro atoms. The first-order chi connectivity index (χ1) is 60.8. The van der Waals surface area contributed by atoms with Gasteiger partial charge in [-0.2, -0.15) is 5.26 Å². The Morgan fingerprint density at radius 1 is 0.562 bits per heavy atom. The molecular formula is C104H179ClN8O11PS3+. The van der Waals surface area contributed by atoms with Crippen LogP contribution in [0.15, 0.2) is 101 Å². The number of aliphatic imine (C=N–C) groups is 1. The molecule has 0 radical (unpaired) electrons. The minimum Gasteiger partial charge on any atom is -0.748 e. The molecule has 0 aliphatic carbocycles. The summed E-state index contributed by atoms with van der Waals surface area (Å²) in [5, 5.41) is 11.2. The van der Waals surface area contributed by atoms with Gasteiger partial charge in [-0.3, -0.25) is 4.67 Å². The number of fused-ring (bicyclic) bond motifs is 4. The lowest BCUT2D eigenvalue weighted by atomic mass is 9.80. The van der Waals surface area contributed by atoms with Crippen LogP contribution in [0.2, 0.25) is 5.02 Å². The van der Waals surface area contributed by atoms with Gasteiger partial charge in [0.1, 0.15) is 30.4 Å². The molecule has 730 valence electrons. The van der Waals surface area contributed by atoms with Gasteiger partial charge in [0.2, 0.25) is 0 Å². The molecule has 4 aromatic rings. The number of nitrogens with zero attached hydrogens (tertiary/aromatic N) is 8. The number of rotatable bonds is 63. The van der Waals surface area contributed by atoms with Crippen LogP contribution in [0.3, 0.4) is 0 Å². The lowest BCUT2D eigenvalue weighted by Gasteiger charge is -2.39. The van der Waals surface area contributed by atoms with Crippen molar-refractivity contribution in [2.45, 2.75) is 379 Å². The zero-order valence-electron chi connectivity index (χ0n) is 84.2. The third-order valence-electron chi connectivity index (χ3n) is 25.7. The number of halogens is 1. The molecular weight excluding hydrogens is 1700 g/mol. The highest BCUT2D eigenvalue weighted by atomic mass is 35.5. The number of hydrogen-bond donors (Lipinski definition) is 0. The van der Waals surface area contributed by atoms with Gasteiger partial charge in [-0.25, -0.2) is 29.8 Å². The number of aromatic nitrogens is 1. The predicted octanol–water partition coefficient (Wildman–Crippen LogP) is 25.9. The molecule has 0 amide bonds. The van der Waals surface area contributed by atoms with Gasteiger partial charge in [0, 0.05) is 59.5 Å². The van der Waals surface area contributed by atoms with Crippen LogP contribution in [0.1, 0.15) is 360 Å². The molecule has 0 N–H and O–H groups in total. The Hall–Kier alpha value is -4.70. The largest absolute Gasteiger partial charge is 0.748 e. The maximum Gasteiger partial charge on any atom is 0.327 e. The number of hydrogen-bond acceptors (Lipinski definition) is 15. The quantitative estimate of drug-likeness (QED) is 0.00998. The minimum atomic E-state index is -4.82. The van der Waals surface area contributed by atoms with E-state index in [2.05, 4.69) is 126 Å². The summed E-state index contributed by atoms with van der Waals surface area (Å²) in [5.41, 5.74) is 4.66.